The summed E-state index contributed by atoms with van der Waals surface area (Å²) in [6, 6.07) is 3.86. The molecule has 0 aliphatic heterocycles. The summed E-state index contributed by atoms with van der Waals surface area (Å²) in [5.41, 5.74) is 6.36. The monoisotopic (exact) mass is 271 g/mol. The highest BCUT2D eigenvalue weighted by molar-refractivity contribution is 5.70. The number of hydrogen-bond donors (Lipinski definition) is 2. The van der Waals surface area contributed by atoms with Crippen LogP contribution in [0.3, 0.4) is 0 Å². The van der Waals surface area contributed by atoms with Gasteiger partial charge in [-0.1, -0.05) is 17.1 Å². The van der Waals surface area contributed by atoms with E-state index in [-0.39, 0.29) is 11.3 Å². The Labute approximate surface area is 111 Å². The molecule has 5 nitrogen and oxygen atoms in total. The van der Waals surface area contributed by atoms with Crippen molar-refractivity contribution >= 4 is 16.9 Å². The van der Waals surface area contributed by atoms with Gasteiger partial charge in [-0.05, 0) is 18.2 Å². The molecule has 7 heteroatoms. The van der Waals surface area contributed by atoms with Gasteiger partial charge >= 0.3 is 0 Å². The van der Waals surface area contributed by atoms with Crippen molar-refractivity contribution in [1.29, 1.82) is 0 Å². The van der Waals surface area contributed by atoms with Crippen molar-refractivity contribution in [2.24, 2.45) is 0 Å². The van der Waals surface area contributed by atoms with E-state index in [4.69, 9.17) is 5.73 Å². The molecule has 3 N–H and O–H groups in total. The van der Waals surface area contributed by atoms with E-state index in [0.717, 1.165) is 12.1 Å². The lowest BCUT2D eigenvalue weighted by Gasteiger charge is -1.99. The molecule has 2 heterocycles. The molecule has 0 amide bonds. The maximum Gasteiger partial charge on any atom is 0.201 e. The molecule has 0 atom stereocenters. The molecule has 2 aromatic heterocycles. The van der Waals surface area contributed by atoms with Crippen LogP contribution in [-0.2, 0) is 0 Å². The van der Waals surface area contributed by atoms with Crippen LogP contribution in [0, 0.1) is 23.5 Å². The van der Waals surface area contributed by atoms with Crippen LogP contribution >= 0.6 is 0 Å². The molecule has 0 radical (unpaired) electrons. The van der Waals surface area contributed by atoms with Crippen LogP contribution in [0.4, 0.5) is 14.5 Å². The molecule has 0 aliphatic rings. The van der Waals surface area contributed by atoms with E-state index in [9.17, 15) is 8.78 Å². The first-order valence-electron chi connectivity index (χ1n) is 5.57. The van der Waals surface area contributed by atoms with Crippen LogP contribution in [-0.4, -0.2) is 20.4 Å². The first-order chi connectivity index (χ1) is 9.65. The highest BCUT2D eigenvalue weighted by Crippen LogP contribution is 2.17. The Kier molecular flexibility index (Phi) is 2.76. The first-order valence-corrected chi connectivity index (χ1v) is 5.57. The number of aromatic amines is 1. The number of pyridine rings is 1. The second kappa shape index (κ2) is 4.59. The number of H-pyrrole nitrogens is 1. The third-order valence-corrected chi connectivity index (χ3v) is 2.63. The van der Waals surface area contributed by atoms with E-state index in [0.29, 0.717) is 16.7 Å². The van der Waals surface area contributed by atoms with Crippen molar-refractivity contribution < 1.29 is 8.78 Å². The molecule has 3 rings (SSSR count). The fourth-order valence-corrected chi connectivity index (χ4v) is 1.63. The average molecular weight is 271 g/mol. The highest BCUT2D eigenvalue weighted by atomic mass is 19.1. The van der Waals surface area contributed by atoms with E-state index in [1.54, 1.807) is 6.07 Å². The zero-order valence-corrected chi connectivity index (χ0v) is 9.98. The van der Waals surface area contributed by atoms with E-state index in [1.165, 1.54) is 6.20 Å². The summed E-state index contributed by atoms with van der Waals surface area (Å²) in [4.78, 5) is 4.00. The Hall–Kier alpha value is -3.01. The van der Waals surface area contributed by atoms with Gasteiger partial charge in [0.1, 0.15) is 11.3 Å². The number of nitrogens with zero attached hydrogens (tertiary/aromatic N) is 3. The summed E-state index contributed by atoms with van der Waals surface area (Å²) < 4.78 is 27.2. The Balaban J connectivity index is 2.05. The quantitative estimate of drug-likeness (QED) is 0.481. The SMILES string of the molecule is Nc1ccc(F)c(C#Cc2cnc3nn[nH]c3c2)c1F. The number of nitrogen functional groups attached to an aromatic ring is 1. The average Bonchev–Trinajstić information content (AvgIpc) is 2.90. The summed E-state index contributed by atoms with van der Waals surface area (Å²) in [5, 5.41) is 9.93. The molecule has 0 bridgehead atoms. The smallest absolute Gasteiger partial charge is 0.201 e. The third-order valence-electron chi connectivity index (χ3n) is 2.63. The summed E-state index contributed by atoms with van der Waals surface area (Å²) in [6.45, 7) is 0. The molecule has 0 fully saturated rings. The zero-order valence-electron chi connectivity index (χ0n) is 9.98. The van der Waals surface area contributed by atoms with Crippen molar-refractivity contribution in [3.63, 3.8) is 0 Å². The third kappa shape index (κ3) is 2.03. The van der Waals surface area contributed by atoms with Crippen molar-refractivity contribution in [3.05, 3.63) is 47.2 Å². The minimum atomic E-state index is -0.866. The minimum Gasteiger partial charge on any atom is -0.396 e. The number of nitrogens with one attached hydrogen (secondary N) is 1. The number of benzene rings is 1. The Morgan fingerprint density at radius 1 is 1.20 bits per heavy atom. The topological polar surface area (TPSA) is 80.5 Å². The van der Waals surface area contributed by atoms with Crippen LogP contribution in [0.2, 0.25) is 0 Å². The number of fused-ring (bicyclic) bond motifs is 1. The largest absolute Gasteiger partial charge is 0.396 e. The zero-order chi connectivity index (χ0) is 14.1. The second-order valence-electron chi connectivity index (χ2n) is 3.98. The van der Waals surface area contributed by atoms with Gasteiger partial charge < -0.3 is 5.73 Å². The van der Waals surface area contributed by atoms with E-state index in [1.807, 2.05) is 0 Å². The summed E-state index contributed by atoms with van der Waals surface area (Å²) in [5.74, 6) is 3.42. The van der Waals surface area contributed by atoms with Gasteiger partial charge in [-0.25, -0.2) is 13.8 Å². The van der Waals surface area contributed by atoms with Gasteiger partial charge in [0.15, 0.2) is 5.82 Å². The molecule has 20 heavy (non-hydrogen) atoms. The van der Waals surface area contributed by atoms with E-state index >= 15 is 0 Å². The molecule has 3 aromatic rings. The van der Waals surface area contributed by atoms with E-state index < -0.39 is 11.6 Å². The maximum atomic E-state index is 13.7. The number of aromatic nitrogens is 4. The van der Waals surface area contributed by atoms with Crippen LogP contribution in [0.1, 0.15) is 11.1 Å². The number of halogens is 2. The van der Waals surface area contributed by atoms with Crippen LogP contribution in [0.15, 0.2) is 24.4 Å². The number of rotatable bonds is 0. The standard InChI is InChI=1S/C13H7F2N5/c14-9-3-4-10(16)12(15)8(9)2-1-7-5-11-13(17-6-7)19-20-18-11/h3-6H,16H2,(H,17,18,19,20). The van der Waals surface area contributed by atoms with Crippen molar-refractivity contribution in [2.45, 2.75) is 0 Å². The fraction of sp³-hybridized carbons (Fsp3) is 0. The normalized spacial score (nSPS) is 10.3. The van der Waals surface area contributed by atoms with Gasteiger partial charge in [-0.15, -0.1) is 5.10 Å². The maximum absolute atomic E-state index is 13.7. The van der Waals surface area contributed by atoms with Crippen LogP contribution < -0.4 is 5.73 Å². The predicted octanol–water partition coefficient (Wildman–Crippen LogP) is 1.61. The van der Waals surface area contributed by atoms with Gasteiger partial charge in [0.25, 0.3) is 0 Å². The molecular formula is C13H7F2N5. The minimum absolute atomic E-state index is 0.151. The van der Waals surface area contributed by atoms with Gasteiger partial charge in [-0.2, -0.15) is 0 Å². The molecule has 0 spiro atoms. The molecule has 98 valence electrons. The Bertz CT molecular complexity index is 860. The predicted molar refractivity (Wildman–Crippen MR) is 68.4 cm³/mol. The molecule has 0 saturated heterocycles. The highest BCUT2D eigenvalue weighted by Gasteiger charge is 2.09. The van der Waals surface area contributed by atoms with Crippen molar-refractivity contribution in [2.75, 3.05) is 5.73 Å². The summed E-state index contributed by atoms with van der Waals surface area (Å²) >= 11 is 0. The Morgan fingerprint density at radius 2 is 2.05 bits per heavy atom. The fourth-order valence-electron chi connectivity index (χ4n) is 1.63. The lowest BCUT2D eigenvalue weighted by molar-refractivity contribution is 0.580. The molecular weight excluding hydrogens is 264 g/mol. The molecule has 0 unspecified atom stereocenters. The summed E-state index contributed by atoms with van der Waals surface area (Å²) in [7, 11) is 0. The van der Waals surface area contributed by atoms with Gasteiger partial charge in [0, 0.05) is 11.8 Å². The summed E-state index contributed by atoms with van der Waals surface area (Å²) in [6.07, 6.45) is 1.44. The lowest BCUT2D eigenvalue weighted by Crippen LogP contribution is -1.97. The first kappa shape index (κ1) is 12.0. The number of hydrogen-bond acceptors (Lipinski definition) is 4. The number of nitrogens with two attached hydrogens (primary N) is 1. The Morgan fingerprint density at radius 3 is 2.90 bits per heavy atom. The molecule has 1 aromatic carbocycles. The van der Waals surface area contributed by atoms with Crippen molar-refractivity contribution in [3.8, 4) is 11.8 Å². The van der Waals surface area contributed by atoms with Gasteiger partial charge in [0.2, 0.25) is 5.65 Å². The van der Waals surface area contributed by atoms with Gasteiger partial charge in [-0.3, -0.25) is 5.10 Å². The van der Waals surface area contributed by atoms with Gasteiger partial charge in [0.05, 0.1) is 11.3 Å². The van der Waals surface area contributed by atoms with Crippen LogP contribution in [0.5, 0.6) is 0 Å². The van der Waals surface area contributed by atoms with Crippen LogP contribution in [0.25, 0.3) is 11.2 Å². The second-order valence-corrected chi connectivity index (χ2v) is 3.98. The molecule has 0 saturated carbocycles. The van der Waals surface area contributed by atoms with E-state index in [2.05, 4.69) is 32.2 Å². The number of anilines is 1. The lowest BCUT2D eigenvalue weighted by atomic mass is 10.1. The molecule has 0 aliphatic carbocycles. The van der Waals surface area contributed by atoms with Crippen molar-refractivity contribution in [1.82, 2.24) is 20.4 Å².